The van der Waals surface area contributed by atoms with E-state index in [1.165, 1.54) is 7.11 Å². The Morgan fingerprint density at radius 1 is 1.17 bits per heavy atom. The van der Waals surface area contributed by atoms with Gasteiger partial charge in [-0.15, -0.1) is 0 Å². The number of rotatable bonds is 7. The van der Waals surface area contributed by atoms with Gasteiger partial charge in [-0.25, -0.2) is 0 Å². The van der Waals surface area contributed by atoms with Crippen molar-refractivity contribution in [3.63, 3.8) is 0 Å². The Morgan fingerprint density at radius 2 is 1.83 bits per heavy atom. The zero-order valence-corrected chi connectivity index (χ0v) is 14.5. The summed E-state index contributed by atoms with van der Waals surface area (Å²) in [5, 5.41) is 0. The van der Waals surface area contributed by atoms with Crippen LogP contribution in [-0.4, -0.2) is 31.3 Å². The largest absolute Gasteiger partial charge is 0.493 e. The molecule has 0 aromatic heterocycles. The molecule has 0 amide bonds. The first kappa shape index (κ1) is 19.0. The van der Waals surface area contributed by atoms with Gasteiger partial charge in [0.05, 0.1) is 19.6 Å². The second-order valence-electron chi connectivity index (χ2n) is 6.32. The molecule has 1 aromatic carbocycles. The summed E-state index contributed by atoms with van der Waals surface area (Å²) in [6.45, 7) is 7.67. The molecule has 5 heteroatoms. The van der Waals surface area contributed by atoms with E-state index in [1.807, 2.05) is 45.0 Å². The van der Waals surface area contributed by atoms with E-state index in [0.717, 1.165) is 5.56 Å². The number of ether oxygens (including phenoxy) is 3. The van der Waals surface area contributed by atoms with Crippen molar-refractivity contribution in [2.45, 2.75) is 52.1 Å². The molecular formula is C18H26O5. The van der Waals surface area contributed by atoms with Crippen LogP contribution in [0.5, 0.6) is 5.75 Å². The van der Waals surface area contributed by atoms with Crippen molar-refractivity contribution in [2.24, 2.45) is 0 Å². The fourth-order valence-corrected chi connectivity index (χ4v) is 2.06. The number of hydrogen-bond acceptors (Lipinski definition) is 5. The normalized spacial score (nSPS) is 12.4. The van der Waals surface area contributed by atoms with E-state index < -0.39 is 11.5 Å². The molecule has 0 aliphatic carbocycles. The van der Waals surface area contributed by atoms with Gasteiger partial charge >= 0.3 is 11.9 Å². The van der Waals surface area contributed by atoms with Crippen molar-refractivity contribution in [3.05, 3.63) is 29.8 Å². The van der Waals surface area contributed by atoms with Gasteiger partial charge < -0.3 is 14.2 Å². The van der Waals surface area contributed by atoms with Crippen LogP contribution >= 0.6 is 0 Å². The van der Waals surface area contributed by atoms with Crippen LogP contribution in [0, 0.1) is 0 Å². The van der Waals surface area contributed by atoms with Crippen molar-refractivity contribution in [1.29, 1.82) is 0 Å². The summed E-state index contributed by atoms with van der Waals surface area (Å²) in [4.78, 5) is 23.3. The Bertz CT molecular complexity index is 530. The van der Waals surface area contributed by atoms with Crippen LogP contribution in [0.4, 0.5) is 0 Å². The van der Waals surface area contributed by atoms with Crippen LogP contribution < -0.4 is 4.74 Å². The maximum atomic E-state index is 11.7. The smallest absolute Gasteiger partial charge is 0.312 e. The molecule has 1 atom stereocenters. The molecule has 0 fully saturated rings. The van der Waals surface area contributed by atoms with E-state index in [1.54, 1.807) is 6.92 Å². The molecule has 1 aromatic rings. The fraction of sp³-hybridized carbons (Fsp3) is 0.556. The Morgan fingerprint density at radius 3 is 2.43 bits per heavy atom. The Balaban J connectivity index is 2.53. The second kappa shape index (κ2) is 8.56. The van der Waals surface area contributed by atoms with Gasteiger partial charge in [0.2, 0.25) is 0 Å². The standard InChI is InChI=1S/C18H26O5/c1-13(17(20)21-5)14-9-6-7-10-15(14)22-12-8-11-16(19)23-18(2,3)4/h6-7,9-10,13H,8,11-12H2,1-5H3. The fourth-order valence-electron chi connectivity index (χ4n) is 2.06. The highest BCUT2D eigenvalue weighted by Gasteiger charge is 2.20. The molecule has 0 N–H and O–H groups in total. The third-order valence-corrected chi connectivity index (χ3v) is 3.14. The van der Waals surface area contributed by atoms with E-state index in [0.29, 0.717) is 25.2 Å². The monoisotopic (exact) mass is 322 g/mol. The summed E-state index contributed by atoms with van der Waals surface area (Å²) < 4.78 is 15.7. The highest BCUT2D eigenvalue weighted by Crippen LogP contribution is 2.27. The summed E-state index contributed by atoms with van der Waals surface area (Å²) in [5.41, 5.74) is 0.303. The average Bonchev–Trinajstić information content (AvgIpc) is 2.48. The third-order valence-electron chi connectivity index (χ3n) is 3.14. The van der Waals surface area contributed by atoms with Crippen LogP contribution in [0.2, 0.25) is 0 Å². The lowest BCUT2D eigenvalue weighted by molar-refractivity contribution is -0.155. The predicted molar refractivity (Wildman–Crippen MR) is 87.4 cm³/mol. The van der Waals surface area contributed by atoms with Gasteiger partial charge in [-0.2, -0.15) is 0 Å². The molecule has 1 unspecified atom stereocenters. The number of hydrogen-bond donors (Lipinski definition) is 0. The zero-order chi connectivity index (χ0) is 17.5. The van der Waals surface area contributed by atoms with Crippen molar-refractivity contribution in [2.75, 3.05) is 13.7 Å². The van der Waals surface area contributed by atoms with Gasteiger partial charge in [0, 0.05) is 12.0 Å². The van der Waals surface area contributed by atoms with Gasteiger partial charge in [0.25, 0.3) is 0 Å². The van der Waals surface area contributed by atoms with Crippen LogP contribution in [-0.2, 0) is 19.1 Å². The number of carbonyl (C=O) groups is 2. The summed E-state index contributed by atoms with van der Waals surface area (Å²) >= 11 is 0. The zero-order valence-electron chi connectivity index (χ0n) is 14.5. The number of esters is 2. The number of benzene rings is 1. The topological polar surface area (TPSA) is 61.8 Å². The van der Waals surface area contributed by atoms with Crippen molar-refractivity contribution >= 4 is 11.9 Å². The van der Waals surface area contributed by atoms with E-state index in [2.05, 4.69) is 0 Å². The maximum absolute atomic E-state index is 11.7. The van der Waals surface area contributed by atoms with E-state index in [4.69, 9.17) is 14.2 Å². The Hall–Kier alpha value is -2.04. The SMILES string of the molecule is COC(=O)C(C)c1ccccc1OCCCC(=O)OC(C)(C)C. The van der Waals surface area contributed by atoms with E-state index in [-0.39, 0.29) is 11.9 Å². The summed E-state index contributed by atoms with van der Waals surface area (Å²) in [6.07, 6.45) is 0.849. The Labute approximate surface area is 137 Å². The molecule has 0 spiro atoms. The Kier molecular flexibility index (Phi) is 7.07. The predicted octanol–water partition coefficient (Wildman–Crippen LogP) is 3.46. The quantitative estimate of drug-likeness (QED) is 0.568. The molecule has 23 heavy (non-hydrogen) atoms. The van der Waals surface area contributed by atoms with Crippen LogP contribution in [0.25, 0.3) is 0 Å². The molecule has 0 aliphatic rings. The minimum atomic E-state index is -0.472. The van der Waals surface area contributed by atoms with Crippen LogP contribution in [0.15, 0.2) is 24.3 Å². The molecule has 0 radical (unpaired) electrons. The molecule has 0 bridgehead atoms. The van der Waals surface area contributed by atoms with E-state index in [9.17, 15) is 9.59 Å². The molecule has 0 heterocycles. The summed E-state index contributed by atoms with van der Waals surface area (Å²) in [7, 11) is 1.36. The first-order valence-corrected chi connectivity index (χ1v) is 7.76. The van der Waals surface area contributed by atoms with Gasteiger partial charge in [-0.3, -0.25) is 9.59 Å². The van der Waals surface area contributed by atoms with Crippen LogP contribution in [0.1, 0.15) is 52.0 Å². The lowest BCUT2D eigenvalue weighted by Gasteiger charge is -2.19. The average molecular weight is 322 g/mol. The maximum Gasteiger partial charge on any atom is 0.312 e. The molecule has 0 saturated carbocycles. The number of para-hydroxylation sites is 1. The van der Waals surface area contributed by atoms with Crippen LogP contribution in [0.3, 0.4) is 0 Å². The minimum absolute atomic E-state index is 0.239. The summed E-state index contributed by atoms with van der Waals surface area (Å²) in [6, 6.07) is 7.34. The lowest BCUT2D eigenvalue weighted by atomic mass is 10.0. The number of carbonyl (C=O) groups excluding carboxylic acids is 2. The lowest BCUT2D eigenvalue weighted by Crippen LogP contribution is -2.24. The van der Waals surface area contributed by atoms with Gasteiger partial charge in [0.1, 0.15) is 11.4 Å². The first-order valence-electron chi connectivity index (χ1n) is 7.76. The molecule has 5 nitrogen and oxygen atoms in total. The summed E-state index contributed by atoms with van der Waals surface area (Å²) in [5.74, 6) is -0.316. The van der Waals surface area contributed by atoms with Gasteiger partial charge in [0.15, 0.2) is 0 Å². The third kappa shape index (κ3) is 6.72. The van der Waals surface area contributed by atoms with Crippen molar-refractivity contribution in [1.82, 2.24) is 0 Å². The highest BCUT2D eigenvalue weighted by molar-refractivity contribution is 5.78. The van der Waals surface area contributed by atoms with Crippen molar-refractivity contribution < 1.29 is 23.8 Å². The highest BCUT2D eigenvalue weighted by atomic mass is 16.6. The molecular weight excluding hydrogens is 296 g/mol. The minimum Gasteiger partial charge on any atom is -0.493 e. The molecule has 0 saturated heterocycles. The molecule has 0 aliphatic heterocycles. The first-order chi connectivity index (χ1) is 10.7. The van der Waals surface area contributed by atoms with E-state index >= 15 is 0 Å². The van der Waals surface area contributed by atoms with Crippen molar-refractivity contribution in [3.8, 4) is 5.75 Å². The van der Waals surface area contributed by atoms with Gasteiger partial charge in [-0.05, 0) is 40.2 Å². The second-order valence-corrected chi connectivity index (χ2v) is 6.32. The molecule has 128 valence electrons. The van der Waals surface area contributed by atoms with Gasteiger partial charge in [-0.1, -0.05) is 18.2 Å². The molecule has 1 rings (SSSR count). The number of methoxy groups -OCH3 is 1.